The first-order valence-corrected chi connectivity index (χ1v) is 13.3. The van der Waals surface area contributed by atoms with Crippen molar-refractivity contribution in [3.63, 3.8) is 0 Å². The number of hydrogen-bond donors (Lipinski definition) is 3. The molecule has 0 aliphatic carbocycles. The minimum absolute atomic E-state index is 0.399. The van der Waals surface area contributed by atoms with E-state index in [0.29, 0.717) is 35.5 Å². The van der Waals surface area contributed by atoms with Gasteiger partial charge in [0.05, 0.1) is 16.3 Å². The van der Waals surface area contributed by atoms with Crippen molar-refractivity contribution in [3.8, 4) is 16.9 Å². The Balaban J connectivity index is 1.65. The van der Waals surface area contributed by atoms with Crippen LogP contribution in [0.4, 0.5) is 17.5 Å². The average molecular weight is 488 g/mol. The topological polar surface area (TPSA) is 100.0 Å². The molecule has 1 unspecified atom stereocenters. The second-order valence-corrected chi connectivity index (χ2v) is 10.4. The Morgan fingerprint density at radius 3 is 2.46 bits per heavy atom. The van der Waals surface area contributed by atoms with Crippen molar-refractivity contribution in [2.24, 2.45) is 0 Å². The number of anilines is 3. The van der Waals surface area contributed by atoms with Crippen LogP contribution in [0.2, 0.25) is 0 Å². The molecule has 4 aromatic rings. The number of aryl methyl sites for hydroxylation is 1. The van der Waals surface area contributed by atoms with Crippen LogP contribution < -0.4 is 15.4 Å². The predicted molar refractivity (Wildman–Crippen MR) is 142 cm³/mol. The van der Waals surface area contributed by atoms with Gasteiger partial charge in [-0.1, -0.05) is 48.0 Å². The molecular formula is C27H29N5O2S. The van der Waals surface area contributed by atoms with Crippen molar-refractivity contribution >= 4 is 27.2 Å². The van der Waals surface area contributed by atoms with Gasteiger partial charge in [0.25, 0.3) is 0 Å². The number of ether oxygens (including phenoxy) is 1. The summed E-state index contributed by atoms with van der Waals surface area (Å²) in [5.74, 6) is 1.89. The van der Waals surface area contributed by atoms with Crippen LogP contribution in [0.3, 0.4) is 0 Å². The van der Waals surface area contributed by atoms with Crippen LogP contribution in [0.25, 0.3) is 11.1 Å². The first-order chi connectivity index (χ1) is 16.8. The van der Waals surface area contributed by atoms with Gasteiger partial charge < -0.3 is 15.4 Å². The highest BCUT2D eigenvalue weighted by Crippen LogP contribution is 2.30. The van der Waals surface area contributed by atoms with Gasteiger partial charge in [0, 0.05) is 35.1 Å². The first-order valence-electron chi connectivity index (χ1n) is 11.3. The van der Waals surface area contributed by atoms with E-state index < -0.39 is 9.73 Å². The SMILES string of the molecule is CCOc1ccc(-c2cnc(Nc3cccc(S(C)(=N)=O)c3)nc2NCc2ccc(C)cc2)cc1. The Bertz CT molecular complexity index is 1400. The molecule has 0 bridgehead atoms. The molecule has 35 heavy (non-hydrogen) atoms. The van der Waals surface area contributed by atoms with Crippen LogP contribution >= 0.6 is 0 Å². The van der Waals surface area contributed by atoms with Crippen LogP contribution in [0.5, 0.6) is 5.75 Å². The molecule has 0 fully saturated rings. The summed E-state index contributed by atoms with van der Waals surface area (Å²) in [4.78, 5) is 9.71. The zero-order chi connectivity index (χ0) is 24.8. The van der Waals surface area contributed by atoms with Crippen LogP contribution in [0.1, 0.15) is 18.1 Å². The van der Waals surface area contributed by atoms with Gasteiger partial charge in [-0.15, -0.1) is 0 Å². The van der Waals surface area contributed by atoms with E-state index in [9.17, 15) is 4.21 Å². The van der Waals surface area contributed by atoms with Gasteiger partial charge in [0.1, 0.15) is 11.6 Å². The number of nitrogens with zero attached hydrogens (tertiary/aromatic N) is 2. The highest BCUT2D eigenvalue weighted by molar-refractivity contribution is 7.91. The smallest absolute Gasteiger partial charge is 0.229 e. The van der Waals surface area contributed by atoms with Gasteiger partial charge in [-0.05, 0) is 55.3 Å². The van der Waals surface area contributed by atoms with E-state index in [0.717, 1.165) is 22.4 Å². The van der Waals surface area contributed by atoms with Gasteiger partial charge in [0.2, 0.25) is 5.95 Å². The Morgan fingerprint density at radius 1 is 1.03 bits per heavy atom. The minimum Gasteiger partial charge on any atom is -0.494 e. The van der Waals surface area contributed by atoms with E-state index in [1.165, 1.54) is 11.8 Å². The summed E-state index contributed by atoms with van der Waals surface area (Å²) in [6.07, 6.45) is 3.18. The molecule has 1 heterocycles. The summed E-state index contributed by atoms with van der Waals surface area (Å²) in [6, 6.07) is 23.2. The molecule has 0 spiro atoms. The van der Waals surface area contributed by atoms with Gasteiger partial charge in [0.15, 0.2) is 0 Å². The molecule has 7 nitrogen and oxygen atoms in total. The highest BCUT2D eigenvalue weighted by Gasteiger charge is 2.12. The Labute approximate surface area is 206 Å². The van der Waals surface area contributed by atoms with Crippen molar-refractivity contribution in [1.29, 1.82) is 4.78 Å². The second-order valence-electron chi connectivity index (χ2n) is 8.25. The lowest BCUT2D eigenvalue weighted by atomic mass is 10.1. The van der Waals surface area contributed by atoms with Crippen LogP contribution in [-0.2, 0) is 16.3 Å². The van der Waals surface area contributed by atoms with Crippen LogP contribution in [-0.4, -0.2) is 27.0 Å². The Hall–Kier alpha value is -3.91. The number of benzene rings is 3. The fourth-order valence-electron chi connectivity index (χ4n) is 3.52. The number of aromatic nitrogens is 2. The first kappa shape index (κ1) is 24.2. The maximum absolute atomic E-state index is 12.1. The molecule has 0 saturated heterocycles. The van der Waals surface area contributed by atoms with E-state index in [1.807, 2.05) is 37.3 Å². The third-order valence-electron chi connectivity index (χ3n) is 5.39. The monoisotopic (exact) mass is 487 g/mol. The summed E-state index contributed by atoms with van der Waals surface area (Å²) in [6.45, 7) is 5.24. The normalized spacial score (nSPS) is 12.5. The Kier molecular flexibility index (Phi) is 7.31. The summed E-state index contributed by atoms with van der Waals surface area (Å²) < 4.78 is 25.6. The summed E-state index contributed by atoms with van der Waals surface area (Å²) in [7, 11) is -2.82. The third kappa shape index (κ3) is 6.36. The van der Waals surface area contributed by atoms with E-state index in [4.69, 9.17) is 14.5 Å². The molecule has 0 radical (unpaired) electrons. The molecular weight excluding hydrogens is 458 g/mol. The maximum Gasteiger partial charge on any atom is 0.229 e. The molecule has 1 atom stereocenters. The zero-order valence-corrected chi connectivity index (χ0v) is 20.9. The fourth-order valence-corrected chi connectivity index (χ4v) is 4.21. The van der Waals surface area contributed by atoms with E-state index >= 15 is 0 Å². The van der Waals surface area contributed by atoms with Crippen molar-refractivity contribution in [3.05, 3.63) is 90.1 Å². The number of rotatable bonds is 9. The predicted octanol–water partition coefficient (Wildman–Crippen LogP) is 6.24. The van der Waals surface area contributed by atoms with E-state index in [1.54, 1.807) is 24.4 Å². The lowest BCUT2D eigenvalue weighted by Gasteiger charge is -2.14. The standard InChI is InChI=1S/C27H29N5O2S/c1-4-34-23-14-12-21(13-15-23)25-18-30-27(31-22-6-5-7-24(16-22)35(3,28)33)32-26(25)29-17-20-10-8-19(2)9-11-20/h5-16,18,28H,4,17H2,1-3H3,(H2,29,30,31,32). The van der Waals surface area contributed by atoms with Crippen molar-refractivity contribution in [2.75, 3.05) is 23.5 Å². The van der Waals surface area contributed by atoms with Gasteiger partial charge >= 0.3 is 0 Å². The second kappa shape index (κ2) is 10.6. The van der Waals surface area contributed by atoms with Crippen molar-refractivity contribution < 1.29 is 8.95 Å². The molecule has 3 aromatic carbocycles. The lowest BCUT2D eigenvalue weighted by Crippen LogP contribution is -2.07. The largest absolute Gasteiger partial charge is 0.494 e. The number of nitrogens with one attached hydrogen (secondary N) is 3. The molecule has 0 saturated carbocycles. The third-order valence-corrected chi connectivity index (χ3v) is 6.54. The lowest BCUT2D eigenvalue weighted by molar-refractivity contribution is 0.340. The Morgan fingerprint density at radius 2 is 1.77 bits per heavy atom. The molecule has 180 valence electrons. The number of hydrogen-bond acceptors (Lipinski definition) is 7. The molecule has 0 amide bonds. The molecule has 3 N–H and O–H groups in total. The van der Waals surface area contributed by atoms with Gasteiger partial charge in [-0.2, -0.15) is 4.98 Å². The average Bonchev–Trinajstić information content (AvgIpc) is 2.84. The van der Waals surface area contributed by atoms with Gasteiger partial charge in [-0.3, -0.25) is 0 Å². The summed E-state index contributed by atoms with van der Waals surface area (Å²) in [5.41, 5.74) is 4.85. The van der Waals surface area contributed by atoms with E-state index in [2.05, 4.69) is 46.8 Å². The van der Waals surface area contributed by atoms with Crippen LogP contribution in [0.15, 0.2) is 83.9 Å². The molecule has 4 rings (SSSR count). The summed E-state index contributed by atoms with van der Waals surface area (Å²) >= 11 is 0. The fraction of sp³-hybridized carbons (Fsp3) is 0.185. The van der Waals surface area contributed by atoms with E-state index in [-0.39, 0.29) is 0 Å². The molecule has 0 aliphatic heterocycles. The summed E-state index contributed by atoms with van der Waals surface area (Å²) in [5, 5.41) is 6.63. The highest BCUT2D eigenvalue weighted by atomic mass is 32.2. The van der Waals surface area contributed by atoms with Gasteiger partial charge in [-0.25, -0.2) is 14.0 Å². The molecule has 1 aromatic heterocycles. The molecule has 8 heteroatoms. The minimum atomic E-state index is -2.82. The molecule has 0 aliphatic rings. The maximum atomic E-state index is 12.1. The van der Waals surface area contributed by atoms with Crippen molar-refractivity contribution in [1.82, 2.24) is 9.97 Å². The quantitative estimate of drug-likeness (QED) is 0.258. The van der Waals surface area contributed by atoms with Crippen molar-refractivity contribution in [2.45, 2.75) is 25.3 Å². The van der Waals surface area contributed by atoms with Crippen LogP contribution in [0, 0.1) is 11.7 Å². The zero-order valence-electron chi connectivity index (χ0n) is 20.0.